The molecule has 1 N–H and O–H groups in total. The molecule has 0 aromatic heterocycles. The van der Waals surface area contributed by atoms with Crippen molar-refractivity contribution in [1.29, 1.82) is 0 Å². The van der Waals surface area contributed by atoms with Gasteiger partial charge in [0.15, 0.2) is 0 Å². The van der Waals surface area contributed by atoms with E-state index in [2.05, 4.69) is 72.2 Å². The molecule has 0 amide bonds. The lowest BCUT2D eigenvalue weighted by Gasteiger charge is -2.19. The standard InChI is InChI=1S/C14H23BrN2/c1-5-17(4)14-7-6-12(8-13(14)15)10-16-9-11(2)3/h6-8,11,16H,5,9-10H2,1-4H3. The predicted octanol–water partition coefficient (Wildman–Crippen LogP) is 3.65. The smallest absolute Gasteiger partial charge is 0.0508 e. The third-order valence-corrected chi connectivity index (χ3v) is 3.41. The van der Waals surface area contributed by atoms with Crippen molar-refractivity contribution in [2.45, 2.75) is 27.3 Å². The number of benzene rings is 1. The lowest BCUT2D eigenvalue weighted by Crippen LogP contribution is -2.19. The zero-order chi connectivity index (χ0) is 12.8. The van der Waals surface area contributed by atoms with E-state index < -0.39 is 0 Å². The zero-order valence-corrected chi connectivity index (χ0v) is 12.8. The Bertz CT molecular complexity index is 350. The van der Waals surface area contributed by atoms with Gasteiger partial charge in [-0.3, -0.25) is 0 Å². The molecule has 0 unspecified atom stereocenters. The van der Waals surface area contributed by atoms with Crippen molar-refractivity contribution < 1.29 is 0 Å². The minimum absolute atomic E-state index is 0.698. The Hall–Kier alpha value is -0.540. The Morgan fingerprint density at radius 1 is 1.35 bits per heavy atom. The van der Waals surface area contributed by atoms with E-state index in [1.807, 2.05) is 0 Å². The van der Waals surface area contributed by atoms with E-state index in [0.717, 1.165) is 19.6 Å². The molecular formula is C14H23BrN2. The van der Waals surface area contributed by atoms with Gasteiger partial charge in [-0.05, 0) is 53.0 Å². The third-order valence-electron chi connectivity index (χ3n) is 2.78. The Balaban J connectivity index is 2.62. The minimum atomic E-state index is 0.698. The largest absolute Gasteiger partial charge is 0.374 e. The van der Waals surface area contributed by atoms with Crippen molar-refractivity contribution in [3.63, 3.8) is 0 Å². The summed E-state index contributed by atoms with van der Waals surface area (Å²) in [7, 11) is 2.11. The maximum atomic E-state index is 3.64. The summed E-state index contributed by atoms with van der Waals surface area (Å²) in [4.78, 5) is 2.23. The van der Waals surface area contributed by atoms with Crippen LogP contribution in [0.25, 0.3) is 0 Å². The second kappa shape index (κ2) is 7.02. The molecule has 96 valence electrons. The summed E-state index contributed by atoms with van der Waals surface area (Å²) in [6.45, 7) is 9.62. The number of nitrogens with zero attached hydrogens (tertiary/aromatic N) is 1. The summed E-state index contributed by atoms with van der Waals surface area (Å²) >= 11 is 3.64. The molecule has 0 aliphatic carbocycles. The number of hydrogen-bond acceptors (Lipinski definition) is 2. The number of halogens is 1. The Labute approximate surface area is 114 Å². The van der Waals surface area contributed by atoms with Crippen molar-refractivity contribution in [3.8, 4) is 0 Å². The number of anilines is 1. The highest BCUT2D eigenvalue weighted by Crippen LogP contribution is 2.26. The first-order valence-electron chi connectivity index (χ1n) is 6.24. The number of nitrogens with one attached hydrogen (secondary N) is 1. The third kappa shape index (κ3) is 4.68. The molecule has 0 saturated carbocycles. The predicted molar refractivity (Wildman–Crippen MR) is 79.6 cm³/mol. The second-order valence-corrected chi connectivity index (χ2v) is 5.68. The van der Waals surface area contributed by atoms with Gasteiger partial charge in [-0.2, -0.15) is 0 Å². The van der Waals surface area contributed by atoms with E-state index >= 15 is 0 Å². The van der Waals surface area contributed by atoms with E-state index in [1.165, 1.54) is 15.7 Å². The lowest BCUT2D eigenvalue weighted by atomic mass is 10.2. The summed E-state index contributed by atoms with van der Waals surface area (Å²) in [6.07, 6.45) is 0. The SMILES string of the molecule is CCN(C)c1ccc(CNCC(C)C)cc1Br. The molecule has 1 rings (SSSR count). The fourth-order valence-electron chi connectivity index (χ4n) is 1.65. The van der Waals surface area contributed by atoms with Crippen molar-refractivity contribution in [2.75, 3.05) is 25.0 Å². The van der Waals surface area contributed by atoms with E-state index in [1.54, 1.807) is 0 Å². The van der Waals surface area contributed by atoms with Gasteiger partial charge < -0.3 is 10.2 Å². The van der Waals surface area contributed by atoms with E-state index in [9.17, 15) is 0 Å². The van der Waals surface area contributed by atoms with Crippen molar-refractivity contribution in [2.24, 2.45) is 5.92 Å². The summed E-state index contributed by atoms with van der Waals surface area (Å²) in [5, 5.41) is 3.46. The van der Waals surface area contributed by atoms with Crippen LogP contribution in [0.4, 0.5) is 5.69 Å². The quantitative estimate of drug-likeness (QED) is 0.862. The molecule has 0 heterocycles. The summed E-state index contributed by atoms with van der Waals surface area (Å²) in [5.41, 5.74) is 2.57. The van der Waals surface area contributed by atoms with Crippen molar-refractivity contribution in [3.05, 3.63) is 28.2 Å². The van der Waals surface area contributed by atoms with Gasteiger partial charge in [-0.25, -0.2) is 0 Å². The first-order valence-corrected chi connectivity index (χ1v) is 7.04. The molecule has 0 aliphatic heterocycles. The average molecular weight is 299 g/mol. The van der Waals surface area contributed by atoms with Crippen molar-refractivity contribution in [1.82, 2.24) is 5.32 Å². The second-order valence-electron chi connectivity index (χ2n) is 4.82. The van der Waals surface area contributed by atoms with Gasteiger partial charge >= 0.3 is 0 Å². The minimum Gasteiger partial charge on any atom is -0.374 e. The van der Waals surface area contributed by atoms with Gasteiger partial charge in [0.2, 0.25) is 0 Å². The topological polar surface area (TPSA) is 15.3 Å². The Kier molecular flexibility index (Phi) is 6.00. The molecule has 0 saturated heterocycles. The van der Waals surface area contributed by atoms with E-state index in [-0.39, 0.29) is 0 Å². The summed E-state index contributed by atoms with van der Waals surface area (Å²) in [6, 6.07) is 6.58. The summed E-state index contributed by atoms with van der Waals surface area (Å²) < 4.78 is 1.17. The summed E-state index contributed by atoms with van der Waals surface area (Å²) in [5.74, 6) is 0.698. The first kappa shape index (κ1) is 14.5. The van der Waals surface area contributed by atoms with Crippen LogP contribution in [0.15, 0.2) is 22.7 Å². The number of hydrogen-bond donors (Lipinski definition) is 1. The molecule has 17 heavy (non-hydrogen) atoms. The normalized spacial score (nSPS) is 10.9. The lowest BCUT2D eigenvalue weighted by molar-refractivity contribution is 0.552. The molecule has 0 atom stereocenters. The zero-order valence-electron chi connectivity index (χ0n) is 11.3. The molecule has 3 heteroatoms. The van der Waals surface area contributed by atoms with Crippen LogP contribution in [0.3, 0.4) is 0 Å². The molecule has 1 aromatic carbocycles. The van der Waals surface area contributed by atoms with Crippen LogP contribution in [-0.2, 0) is 6.54 Å². The number of rotatable bonds is 6. The molecule has 0 aliphatic rings. The average Bonchev–Trinajstić information content (AvgIpc) is 2.28. The fourth-order valence-corrected chi connectivity index (χ4v) is 2.37. The van der Waals surface area contributed by atoms with Crippen LogP contribution in [-0.4, -0.2) is 20.1 Å². The van der Waals surface area contributed by atoms with E-state index in [0.29, 0.717) is 5.92 Å². The highest BCUT2D eigenvalue weighted by molar-refractivity contribution is 9.10. The van der Waals surface area contributed by atoms with Gasteiger partial charge in [0.25, 0.3) is 0 Å². The maximum absolute atomic E-state index is 3.64. The van der Waals surface area contributed by atoms with Gasteiger partial charge in [0, 0.05) is 24.6 Å². The van der Waals surface area contributed by atoms with Crippen LogP contribution < -0.4 is 10.2 Å². The Morgan fingerprint density at radius 2 is 2.06 bits per heavy atom. The molecule has 2 nitrogen and oxygen atoms in total. The van der Waals surface area contributed by atoms with Crippen LogP contribution in [0.1, 0.15) is 26.3 Å². The van der Waals surface area contributed by atoms with Crippen LogP contribution in [0, 0.1) is 5.92 Å². The van der Waals surface area contributed by atoms with Crippen LogP contribution in [0.5, 0.6) is 0 Å². The van der Waals surface area contributed by atoms with E-state index in [4.69, 9.17) is 0 Å². The van der Waals surface area contributed by atoms with Crippen LogP contribution >= 0.6 is 15.9 Å². The van der Waals surface area contributed by atoms with Crippen molar-refractivity contribution >= 4 is 21.6 Å². The maximum Gasteiger partial charge on any atom is 0.0508 e. The molecule has 0 fully saturated rings. The van der Waals surface area contributed by atoms with Gasteiger partial charge in [0.1, 0.15) is 0 Å². The Morgan fingerprint density at radius 3 is 2.59 bits per heavy atom. The molecular weight excluding hydrogens is 276 g/mol. The first-order chi connectivity index (χ1) is 8.04. The molecule has 0 spiro atoms. The van der Waals surface area contributed by atoms with Gasteiger partial charge in [0.05, 0.1) is 5.69 Å². The monoisotopic (exact) mass is 298 g/mol. The highest BCUT2D eigenvalue weighted by Gasteiger charge is 2.05. The molecule has 0 radical (unpaired) electrons. The fraction of sp³-hybridized carbons (Fsp3) is 0.571. The molecule has 0 bridgehead atoms. The van der Waals surface area contributed by atoms with Gasteiger partial charge in [-0.15, -0.1) is 0 Å². The van der Waals surface area contributed by atoms with Crippen LogP contribution in [0.2, 0.25) is 0 Å². The molecule has 1 aromatic rings. The highest BCUT2D eigenvalue weighted by atomic mass is 79.9. The van der Waals surface area contributed by atoms with Gasteiger partial charge in [-0.1, -0.05) is 19.9 Å².